The fraction of sp³-hybridized carbons (Fsp3) is 0.500. The van der Waals surface area contributed by atoms with E-state index in [-0.39, 0.29) is 11.8 Å². The molecule has 0 saturated carbocycles. The van der Waals surface area contributed by atoms with Gasteiger partial charge < -0.3 is 19.9 Å². The van der Waals surface area contributed by atoms with Crippen molar-refractivity contribution < 1.29 is 19.4 Å². The van der Waals surface area contributed by atoms with Gasteiger partial charge in [0.25, 0.3) is 0 Å². The molecule has 1 rings (SSSR count). The number of hydrogen-bond donors (Lipinski definition) is 3. The van der Waals surface area contributed by atoms with Gasteiger partial charge in [0.15, 0.2) is 5.88 Å². The maximum absolute atomic E-state index is 10.5. The zero-order valence-corrected chi connectivity index (χ0v) is 8.73. The molecule has 3 N–H and O–H groups in total. The molecule has 0 spiro atoms. The van der Waals surface area contributed by atoms with Crippen molar-refractivity contribution in [2.75, 3.05) is 5.32 Å². The molecular weight excluding hydrogens is 198 g/mol. The van der Waals surface area contributed by atoms with Crippen LogP contribution in [0, 0.1) is 0 Å². The Morgan fingerprint density at radius 3 is 2.67 bits per heavy atom. The Bertz CT molecular complexity index is 332. The first-order valence-electron chi connectivity index (χ1n) is 4.76. The van der Waals surface area contributed by atoms with Crippen LogP contribution in [-0.4, -0.2) is 28.3 Å². The number of aliphatic hydroxyl groups excluding tert-OH is 1. The maximum Gasteiger partial charge on any atom is 0.371 e. The molecule has 5 nitrogen and oxygen atoms in total. The lowest BCUT2D eigenvalue weighted by molar-refractivity contribution is 0.0663. The van der Waals surface area contributed by atoms with Crippen molar-refractivity contribution in [2.24, 2.45) is 0 Å². The van der Waals surface area contributed by atoms with Gasteiger partial charge >= 0.3 is 5.97 Å². The molecule has 5 heteroatoms. The van der Waals surface area contributed by atoms with Gasteiger partial charge in [-0.3, -0.25) is 0 Å². The minimum atomic E-state index is -1.09. The summed E-state index contributed by atoms with van der Waals surface area (Å²) < 4.78 is 5.01. The number of aliphatic hydroxyl groups is 1. The highest BCUT2D eigenvalue weighted by molar-refractivity contribution is 5.84. The van der Waals surface area contributed by atoms with Gasteiger partial charge in [0.2, 0.25) is 5.76 Å². The summed E-state index contributed by atoms with van der Waals surface area (Å²) in [5, 5.41) is 20.7. The normalized spacial score (nSPS) is 14.6. The molecule has 0 aliphatic heterocycles. The third kappa shape index (κ3) is 3.63. The number of carboxylic acids is 1. The van der Waals surface area contributed by atoms with Crippen molar-refractivity contribution in [3.63, 3.8) is 0 Å². The largest absolute Gasteiger partial charge is 0.475 e. The number of carbonyl (C=O) groups is 1. The van der Waals surface area contributed by atoms with E-state index in [1.807, 2.05) is 6.92 Å². The fourth-order valence-electron chi connectivity index (χ4n) is 1.34. The van der Waals surface area contributed by atoms with Crippen molar-refractivity contribution in [3.8, 4) is 0 Å². The van der Waals surface area contributed by atoms with Crippen LogP contribution in [-0.2, 0) is 0 Å². The van der Waals surface area contributed by atoms with Crippen molar-refractivity contribution in [1.29, 1.82) is 0 Å². The molecule has 0 saturated heterocycles. The van der Waals surface area contributed by atoms with Gasteiger partial charge in [0.05, 0.1) is 6.10 Å². The van der Waals surface area contributed by atoms with E-state index >= 15 is 0 Å². The minimum Gasteiger partial charge on any atom is -0.475 e. The summed E-state index contributed by atoms with van der Waals surface area (Å²) >= 11 is 0. The first-order valence-corrected chi connectivity index (χ1v) is 4.76. The molecule has 0 aromatic carbocycles. The Labute approximate surface area is 87.7 Å². The van der Waals surface area contributed by atoms with Crippen molar-refractivity contribution in [1.82, 2.24) is 0 Å². The van der Waals surface area contributed by atoms with Crippen molar-refractivity contribution in [2.45, 2.75) is 32.4 Å². The number of rotatable bonds is 5. The molecular formula is C10H15NO4. The Morgan fingerprint density at radius 2 is 2.20 bits per heavy atom. The lowest BCUT2D eigenvalue weighted by Crippen LogP contribution is -2.20. The Balaban J connectivity index is 2.53. The molecule has 2 unspecified atom stereocenters. The molecule has 0 radical (unpaired) electrons. The summed E-state index contributed by atoms with van der Waals surface area (Å²) in [5.74, 6) is -0.784. The summed E-state index contributed by atoms with van der Waals surface area (Å²) in [4.78, 5) is 10.5. The van der Waals surface area contributed by atoms with Crippen LogP contribution in [0.1, 0.15) is 30.8 Å². The van der Waals surface area contributed by atoms with E-state index in [1.165, 1.54) is 6.07 Å². The summed E-state index contributed by atoms with van der Waals surface area (Å²) in [5.41, 5.74) is 0. The minimum absolute atomic E-state index is 0.0257. The molecule has 0 fully saturated rings. The highest BCUT2D eigenvalue weighted by atomic mass is 16.4. The predicted octanol–water partition coefficient (Wildman–Crippen LogP) is 1.55. The standard InChI is InChI=1S/C10H15NO4/c1-6(5-7(2)12)11-9-4-3-8(15-9)10(13)14/h3-4,6-7,11-12H,5H2,1-2H3,(H,13,14). The maximum atomic E-state index is 10.5. The fourth-order valence-corrected chi connectivity index (χ4v) is 1.34. The molecule has 0 bridgehead atoms. The van der Waals surface area contributed by atoms with E-state index in [9.17, 15) is 4.79 Å². The van der Waals surface area contributed by atoms with Crippen LogP contribution in [0.3, 0.4) is 0 Å². The molecule has 0 amide bonds. The van der Waals surface area contributed by atoms with Crippen molar-refractivity contribution in [3.05, 3.63) is 17.9 Å². The number of carboxylic acid groups (broad SMARTS) is 1. The van der Waals surface area contributed by atoms with Crippen LogP contribution in [0.15, 0.2) is 16.5 Å². The van der Waals surface area contributed by atoms with E-state index in [0.717, 1.165) is 0 Å². The van der Waals surface area contributed by atoms with Crippen LogP contribution in [0.25, 0.3) is 0 Å². The van der Waals surface area contributed by atoms with Gasteiger partial charge in [-0.2, -0.15) is 0 Å². The summed E-state index contributed by atoms with van der Waals surface area (Å²) in [7, 11) is 0. The molecule has 84 valence electrons. The zero-order valence-electron chi connectivity index (χ0n) is 8.73. The van der Waals surface area contributed by atoms with Gasteiger partial charge in [0.1, 0.15) is 0 Å². The van der Waals surface area contributed by atoms with Crippen LogP contribution >= 0.6 is 0 Å². The van der Waals surface area contributed by atoms with Crippen molar-refractivity contribution >= 4 is 11.9 Å². The highest BCUT2D eigenvalue weighted by Crippen LogP contribution is 2.15. The third-order valence-corrected chi connectivity index (χ3v) is 1.90. The van der Waals surface area contributed by atoms with Crippen LogP contribution in [0.5, 0.6) is 0 Å². The summed E-state index contributed by atoms with van der Waals surface area (Å²) in [6.45, 7) is 3.58. The summed E-state index contributed by atoms with van der Waals surface area (Å²) in [6.07, 6.45) is 0.171. The van der Waals surface area contributed by atoms with E-state index in [1.54, 1.807) is 13.0 Å². The van der Waals surface area contributed by atoms with Gasteiger partial charge in [-0.15, -0.1) is 0 Å². The summed E-state index contributed by atoms with van der Waals surface area (Å²) in [6, 6.07) is 2.97. The van der Waals surface area contributed by atoms with E-state index < -0.39 is 12.1 Å². The second-order valence-corrected chi connectivity index (χ2v) is 3.60. The number of anilines is 1. The Kier molecular flexibility index (Phi) is 3.74. The first-order chi connectivity index (χ1) is 6.99. The van der Waals surface area contributed by atoms with Gasteiger partial charge in [0, 0.05) is 12.1 Å². The third-order valence-electron chi connectivity index (χ3n) is 1.90. The van der Waals surface area contributed by atoms with E-state index in [4.69, 9.17) is 14.6 Å². The molecule has 1 aromatic rings. The molecule has 1 heterocycles. The van der Waals surface area contributed by atoms with E-state index in [0.29, 0.717) is 12.3 Å². The lowest BCUT2D eigenvalue weighted by Gasteiger charge is -2.14. The second-order valence-electron chi connectivity index (χ2n) is 3.60. The number of nitrogens with one attached hydrogen (secondary N) is 1. The monoisotopic (exact) mass is 213 g/mol. The van der Waals surface area contributed by atoms with Crippen LogP contribution in [0.2, 0.25) is 0 Å². The van der Waals surface area contributed by atoms with Gasteiger partial charge in [-0.25, -0.2) is 4.79 Å². The molecule has 15 heavy (non-hydrogen) atoms. The Hall–Kier alpha value is -1.49. The predicted molar refractivity (Wildman–Crippen MR) is 55.0 cm³/mol. The quantitative estimate of drug-likeness (QED) is 0.691. The average molecular weight is 213 g/mol. The Morgan fingerprint density at radius 1 is 1.53 bits per heavy atom. The zero-order chi connectivity index (χ0) is 11.4. The molecule has 0 aliphatic carbocycles. The molecule has 1 aromatic heterocycles. The smallest absolute Gasteiger partial charge is 0.371 e. The van der Waals surface area contributed by atoms with Crippen LogP contribution < -0.4 is 5.32 Å². The SMILES string of the molecule is CC(O)CC(C)Nc1ccc(C(=O)O)o1. The van der Waals surface area contributed by atoms with E-state index in [2.05, 4.69) is 5.32 Å². The first kappa shape index (κ1) is 11.6. The van der Waals surface area contributed by atoms with Gasteiger partial charge in [-0.05, 0) is 26.3 Å². The molecule has 2 atom stereocenters. The lowest BCUT2D eigenvalue weighted by atomic mass is 10.1. The highest BCUT2D eigenvalue weighted by Gasteiger charge is 2.11. The number of furan rings is 1. The topological polar surface area (TPSA) is 82.7 Å². The average Bonchev–Trinajstić information content (AvgIpc) is 2.50. The van der Waals surface area contributed by atoms with Crippen LogP contribution in [0.4, 0.5) is 5.88 Å². The second kappa shape index (κ2) is 4.84. The molecule has 0 aliphatic rings. The van der Waals surface area contributed by atoms with Gasteiger partial charge in [-0.1, -0.05) is 0 Å². The number of hydrogen-bond acceptors (Lipinski definition) is 4. The number of aromatic carboxylic acids is 1.